The van der Waals surface area contributed by atoms with E-state index in [2.05, 4.69) is 48.0 Å². The predicted molar refractivity (Wildman–Crippen MR) is 119 cm³/mol. The summed E-state index contributed by atoms with van der Waals surface area (Å²) in [6.07, 6.45) is 1.84. The summed E-state index contributed by atoms with van der Waals surface area (Å²) in [5, 5.41) is 13.9. The Labute approximate surface area is 179 Å². The van der Waals surface area contributed by atoms with Crippen LogP contribution < -0.4 is 5.32 Å². The van der Waals surface area contributed by atoms with Crippen LogP contribution in [0.5, 0.6) is 0 Å². The first-order valence-electron chi connectivity index (χ1n) is 10.6. The molecule has 0 aliphatic carbocycles. The van der Waals surface area contributed by atoms with Crippen LogP contribution in [0.25, 0.3) is 0 Å². The lowest BCUT2D eigenvalue weighted by atomic mass is 9.99. The highest BCUT2D eigenvalue weighted by molar-refractivity contribution is 5.67. The number of rotatable bonds is 8. The highest BCUT2D eigenvalue weighted by atomic mass is 16.5. The number of fused-ring (bicyclic) bond motifs is 1. The summed E-state index contributed by atoms with van der Waals surface area (Å²) < 4.78 is 5.09. The Hall–Kier alpha value is -2.63. The standard InChI is InChI=1S/C25H32N2O3/c1-3-13-30-25(29)26-23(15-20-9-5-4-6-10-20)24(28)18-27-16-19(2)14-21-11-7-8-12-22(21)17-27/h3-12,19,23-24,28H,1,13-18H2,2H3,(H,26,29)/t19-,23+,24-/m1/s1. The Kier molecular flexibility index (Phi) is 8.05. The van der Waals surface area contributed by atoms with E-state index in [1.165, 1.54) is 17.2 Å². The third-order valence-electron chi connectivity index (χ3n) is 5.49. The summed E-state index contributed by atoms with van der Waals surface area (Å²) in [5.74, 6) is 0.499. The van der Waals surface area contributed by atoms with E-state index in [0.717, 1.165) is 25.1 Å². The first kappa shape index (κ1) is 22.1. The lowest BCUT2D eigenvalue weighted by molar-refractivity contribution is 0.0674. The maximum atomic E-state index is 12.2. The Bertz CT molecular complexity index is 824. The van der Waals surface area contributed by atoms with Gasteiger partial charge in [0.15, 0.2) is 0 Å². The van der Waals surface area contributed by atoms with Gasteiger partial charge in [-0.2, -0.15) is 0 Å². The fourth-order valence-corrected chi connectivity index (χ4v) is 4.11. The summed E-state index contributed by atoms with van der Waals surface area (Å²) in [7, 11) is 0. The number of hydrogen-bond acceptors (Lipinski definition) is 4. The molecule has 5 nitrogen and oxygen atoms in total. The van der Waals surface area contributed by atoms with E-state index in [0.29, 0.717) is 18.9 Å². The number of carbonyl (C=O) groups excluding carboxylic acids is 1. The van der Waals surface area contributed by atoms with Crippen LogP contribution in [0.4, 0.5) is 4.79 Å². The normalized spacial score (nSPS) is 18.5. The average molecular weight is 409 g/mol. The Morgan fingerprint density at radius 1 is 1.23 bits per heavy atom. The van der Waals surface area contributed by atoms with Gasteiger partial charge in [-0.25, -0.2) is 4.79 Å². The predicted octanol–water partition coefficient (Wildman–Crippen LogP) is 3.57. The van der Waals surface area contributed by atoms with Gasteiger partial charge < -0.3 is 15.2 Å². The van der Waals surface area contributed by atoms with Crippen molar-refractivity contribution in [2.45, 2.75) is 38.5 Å². The Morgan fingerprint density at radius 2 is 1.93 bits per heavy atom. The van der Waals surface area contributed by atoms with Crippen molar-refractivity contribution < 1.29 is 14.6 Å². The lowest BCUT2D eigenvalue weighted by Gasteiger charge is -2.30. The highest BCUT2D eigenvalue weighted by Gasteiger charge is 2.27. The molecule has 5 heteroatoms. The van der Waals surface area contributed by atoms with Crippen molar-refractivity contribution in [3.8, 4) is 0 Å². The second-order valence-corrected chi connectivity index (χ2v) is 8.17. The zero-order valence-corrected chi connectivity index (χ0v) is 17.7. The lowest BCUT2D eigenvalue weighted by Crippen LogP contribution is -2.50. The minimum Gasteiger partial charge on any atom is -0.445 e. The first-order chi connectivity index (χ1) is 14.5. The molecule has 0 fully saturated rings. The van der Waals surface area contributed by atoms with Crippen molar-refractivity contribution >= 4 is 6.09 Å². The molecule has 0 radical (unpaired) electrons. The summed E-state index contributed by atoms with van der Waals surface area (Å²) >= 11 is 0. The second kappa shape index (κ2) is 11.0. The van der Waals surface area contributed by atoms with E-state index in [9.17, 15) is 9.90 Å². The van der Waals surface area contributed by atoms with Crippen molar-refractivity contribution in [2.75, 3.05) is 19.7 Å². The minimum absolute atomic E-state index is 0.139. The van der Waals surface area contributed by atoms with Crippen LogP contribution in [0, 0.1) is 5.92 Å². The summed E-state index contributed by atoms with van der Waals surface area (Å²) in [5.41, 5.74) is 3.75. The van der Waals surface area contributed by atoms with Crippen LogP contribution >= 0.6 is 0 Å². The molecule has 1 heterocycles. The molecule has 160 valence electrons. The molecular weight excluding hydrogens is 376 g/mol. The van der Waals surface area contributed by atoms with Gasteiger partial charge in [-0.05, 0) is 35.4 Å². The van der Waals surface area contributed by atoms with Gasteiger partial charge >= 0.3 is 6.09 Å². The quantitative estimate of drug-likeness (QED) is 0.656. The summed E-state index contributed by atoms with van der Waals surface area (Å²) in [6.45, 7) is 8.14. The molecule has 1 aliphatic heterocycles. The average Bonchev–Trinajstić information content (AvgIpc) is 2.89. The fourth-order valence-electron chi connectivity index (χ4n) is 4.11. The van der Waals surface area contributed by atoms with Crippen LogP contribution in [0.15, 0.2) is 67.3 Å². The molecule has 0 saturated heterocycles. The summed E-state index contributed by atoms with van der Waals surface area (Å²) in [4.78, 5) is 14.5. The van der Waals surface area contributed by atoms with E-state index < -0.39 is 18.2 Å². The van der Waals surface area contributed by atoms with Gasteiger partial charge in [0, 0.05) is 19.6 Å². The second-order valence-electron chi connectivity index (χ2n) is 8.17. The molecule has 1 amide bonds. The third kappa shape index (κ3) is 6.44. The van der Waals surface area contributed by atoms with Crippen LogP contribution in [-0.4, -0.2) is 47.9 Å². The van der Waals surface area contributed by atoms with E-state index in [-0.39, 0.29) is 6.61 Å². The van der Waals surface area contributed by atoms with Gasteiger partial charge in [-0.1, -0.05) is 74.2 Å². The maximum absolute atomic E-state index is 12.2. The molecule has 0 unspecified atom stereocenters. The minimum atomic E-state index is -0.723. The number of amides is 1. The number of hydrogen-bond donors (Lipinski definition) is 2. The van der Waals surface area contributed by atoms with Crippen molar-refractivity contribution in [1.29, 1.82) is 0 Å². The number of aliphatic hydroxyl groups is 1. The van der Waals surface area contributed by atoms with Crippen molar-refractivity contribution in [3.05, 3.63) is 83.9 Å². The number of ether oxygens (including phenoxy) is 1. The van der Waals surface area contributed by atoms with Crippen molar-refractivity contribution in [3.63, 3.8) is 0 Å². The number of carbonyl (C=O) groups is 1. The third-order valence-corrected chi connectivity index (χ3v) is 5.49. The number of nitrogens with one attached hydrogen (secondary N) is 1. The highest BCUT2D eigenvalue weighted by Crippen LogP contribution is 2.22. The van der Waals surface area contributed by atoms with E-state index in [4.69, 9.17) is 4.74 Å². The van der Waals surface area contributed by atoms with Gasteiger partial charge in [-0.3, -0.25) is 4.90 Å². The fraction of sp³-hybridized carbons (Fsp3) is 0.400. The number of β-amino-alcohol motifs (C(OH)–C–C–N with tert-alkyl or cyclic N) is 1. The molecule has 2 N–H and O–H groups in total. The van der Waals surface area contributed by atoms with E-state index in [1.54, 1.807) is 0 Å². The monoisotopic (exact) mass is 408 g/mol. The van der Waals surface area contributed by atoms with Gasteiger partial charge in [-0.15, -0.1) is 0 Å². The van der Waals surface area contributed by atoms with Crippen molar-refractivity contribution in [1.82, 2.24) is 10.2 Å². The number of benzene rings is 2. The van der Waals surface area contributed by atoms with Crippen LogP contribution in [0.1, 0.15) is 23.6 Å². The zero-order valence-electron chi connectivity index (χ0n) is 17.7. The van der Waals surface area contributed by atoms with Gasteiger partial charge in [0.2, 0.25) is 0 Å². The molecule has 3 atom stereocenters. The van der Waals surface area contributed by atoms with Gasteiger partial charge in [0.1, 0.15) is 6.61 Å². The van der Waals surface area contributed by atoms with Crippen molar-refractivity contribution in [2.24, 2.45) is 5.92 Å². The first-order valence-corrected chi connectivity index (χ1v) is 10.6. The molecule has 30 heavy (non-hydrogen) atoms. The maximum Gasteiger partial charge on any atom is 0.407 e. The molecular formula is C25H32N2O3. The molecule has 0 aromatic heterocycles. The number of aliphatic hydroxyl groups excluding tert-OH is 1. The van der Waals surface area contributed by atoms with Gasteiger partial charge in [0.25, 0.3) is 0 Å². The van der Waals surface area contributed by atoms with Crippen LogP contribution in [-0.2, 0) is 24.1 Å². The molecule has 1 aliphatic rings. The largest absolute Gasteiger partial charge is 0.445 e. The Balaban J connectivity index is 1.70. The summed E-state index contributed by atoms with van der Waals surface area (Å²) in [6, 6.07) is 17.9. The van der Waals surface area contributed by atoms with Crippen LogP contribution in [0.3, 0.4) is 0 Å². The molecule has 2 aromatic carbocycles. The van der Waals surface area contributed by atoms with E-state index >= 15 is 0 Å². The topological polar surface area (TPSA) is 61.8 Å². The number of alkyl carbamates (subject to hydrolysis) is 1. The molecule has 0 bridgehead atoms. The number of nitrogens with zero attached hydrogens (tertiary/aromatic N) is 1. The Morgan fingerprint density at radius 3 is 2.67 bits per heavy atom. The zero-order chi connectivity index (χ0) is 21.3. The smallest absolute Gasteiger partial charge is 0.407 e. The van der Waals surface area contributed by atoms with Gasteiger partial charge in [0.05, 0.1) is 12.1 Å². The molecule has 2 aromatic rings. The molecule has 3 rings (SSSR count). The van der Waals surface area contributed by atoms with Crippen LogP contribution in [0.2, 0.25) is 0 Å². The molecule has 0 saturated carbocycles. The van der Waals surface area contributed by atoms with E-state index in [1.807, 2.05) is 30.3 Å². The SMILES string of the molecule is C=CCOC(=O)N[C@@H](Cc1ccccc1)[C@H](O)CN1Cc2ccccc2C[C@@H](C)C1. The molecule has 0 spiro atoms.